The van der Waals surface area contributed by atoms with Crippen molar-refractivity contribution >= 4 is 15.9 Å². The first-order valence-electron chi connectivity index (χ1n) is 5.71. The Hall–Kier alpha value is -0.540. The minimum Gasteiger partial charge on any atom is -0.496 e. The third-order valence-electron chi connectivity index (χ3n) is 3.25. The second-order valence-corrected chi connectivity index (χ2v) is 5.46. The van der Waals surface area contributed by atoms with Gasteiger partial charge in [0, 0.05) is 12.1 Å². The molecule has 1 aromatic rings. The van der Waals surface area contributed by atoms with E-state index in [2.05, 4.69) is 47.2 Å². The highest BCUT2D eigenvalue weighted by Crippen LogP contribution is 2.33. The second-order valence-electron chi connectivity index (χ2n) is 4.60. The van der Waals surface area contributed by atoms with Crippen molar-refractivity contribution in [3.05, 3.63) is 28.2 Å². The van der Waals surface area contributed by atoms with Crippen LogP contribution in [0.3, 0.4) is 0 Å². The first-order valence-corrected chi connectivity index (χ1v) is 6.50. The van der Waals surface area contributed by atoms with Crippen molar-refractivity contribution in [3.8, 4) is 5.75 Å². The van der Waals surface area contributed by atoms with Crippen LogP contribution < -0.4 is 10.1 Å². The zero-order valence-corrected chi connectivity index (χ0v) is 11.5. The van der Waals surface area contributed by atoms with Gasteiger partial charge < -0.3 is 10.1 Å². The highest BCUT2D eigenvalue weighted by Gasteiger charge is 2.33. The van der Waals surface area contributed by atoms with Gasteiger partial charge in [0.2, 0.25) is 0 Å². The van der Waals surface area contributed by atoms with Crippen molar-refractivity contribution in [1.29, 1.82) is 0 Å². The van der Waals surface area contributed by atoms with Crippen LogP contribution in [0.1, 0.15) is 31.9 Å². The van der Waals surface area contributed by atoms with Crippen LogP contribution in [-0.2, 0) is 0 Å². The summed E-state index contributed by atoms with van der Waals surface area (Å²) < 4.78 is 6.24. The fourth-order valence-corrected chi connectivity index (χ4v) is 2.48. The number of nitrogens with one attached hydrogen (secondary N) is 1. The van der Waals surface area contributed by atoms with Gasteiger partial charge in [-0.15, -0.1) is 0 Å². The lowest BCUT2D eigenvalue weighted by molar-refractivity contribution is 0.411. The summed E-state index contributed by atoms with van der Waals surface area (Å²) in [4.78, 5) is 0. The number of halogens is 1. The van der Waals surface area contributed by atoms with Crippen molar-refractivity contribution in [3.63, 3.8) is 0 Å². The average molecular weight is 284 g/mol. The number of rotatable bonds is 4. The number of hydrogen-bond acceptors (Lipinski definition) is 2. The lowest BCUT2D eigenvalue weighted by atomic mass is 10.1. The van der Waals surface area contributed by atoms with Gasteiger partial charge >= 0.3 is 0 Å². The predicted octanol–water partition coefficient (Wildman–Crippen LogP) is 3.52. The molecule has 16 heavy (non-hydrogen) atoms. The van der Waals surface area contributed by atoms with E-state index in [0.717, 1.165) is 16.1 Å². The van der Waals surface area contributed by atoms with Gasteiger partial charge in [-0.1, -0.05) is 13.0 Å². The topological polar surface area (TPSA) is 21.3 Å². The molecule has 1 N–H and O–H groups in total. The molecule has 0 heterocycles. The summed E-state index contributed by atoms with van der Waals surface area (Å²) in [5.41, 5.74) is 1.30. The average Bonchev–Trinajstić information content (AvgIpc) is 2.94. The van der Waals surface area contributed by atoms with Crippen molar-refractivity contribution in [2.45, 2.75) is 32.4 Å². The third kappa shape index (κ3) is 2.58. The Morgan fingerprint density at radius 3 is 2.69 bits per heavy atom. The fourth-order valence-electron chi connectivity index (χ4n) is 1.92. The minimum absolute atomic E-state index is 0.400. The SMILES string of the molecule is COc1ccc(C(C)NC2CC2C)cc1Br. The molecular weight excluding hydrogens is 266 g/mol. The Labute approximate surface area is 106 Å². The molecule has 1 fully saturated rings. The van der Waals surface area contributed by atoms with E-state index in [9.17, 15) is 0 Å². The summed E-state index contributed by atoms with van der Waals surface area (Å²) in [6.07, 6.45) is 1.31. The van der Waals surface area contributed by atoms with E-state index < -0.39 is 0 Å². The van der Waals surface area contributed by atoms with Crippen LogP contribution in [0, 0.1) is 5.92 Å². The zero-order chi connectivity index (χ0) is 11.7. The second kappa shape index (κ2) is 4.76. The highest BCUT2D eigenvalue weighted by atomic mass is 79.9. The molecule has 0 saturated heterocycles. The van der Waals surface area contributed by atoms with Crippen LogP contribution in [0.25, 0.3) is 0 Å². The van der Waals surface area contributed by atoms with Crippen LogP contribution >= 0.6 is 15.9 Å². The van der Waals surface area contributed by atoms with E-state index in [1.165, 1.54) is 12.0 Å². The summed E-state index contributed by atoms with van der Waals surface area (Å²) in [7, 11) is 1.69. The maximum absolute atomic E-state index is 5.22. The van der Waals surface area contributed by atoms with E-state index in [4.69, 9.17) is 4.74 Å². The Morgan fingerprint density at radius 1 is 1.50 bits per heavy atom. The van der Waals surface area contributed by atoms with Crippen LogP contribution in [0.5, 0.6) is 5.75 Å². The van der Waals surface area contributed by atoms with Gasteiger partial charge in [-0.2, -0.15) is 0 Å². The number of ether oxygens (including phenoxy) is 1. The Balaban J connectivity index is 2.05. The van der Waals surface area contributed by atoms with E-state index in [1.807, 2.05) is 6.07 Å². The molecular formula is C13H18BrNO. The summed E-state index contributed by atoms with van der Waals surface area (Å²) in [5.74, 6) is 1.72. The molecule has 0 aromatic heterocycles. The van der Waals surface area contributed by atoms with Gasteiger partial charge in [0.25, 0.3) is 0 Å². The summed E-state index contributed by atoms with van der Waals surface area (Å²) in [6, 6.07) is 7.36. The number of methoxy groups -OCH3 is 1. The number of hydrogen-bond donors (Lipinski definition) is 1. The van der Waals surface area contributed by atoms with Crippen LogP contribution in [0.15, 0.2) is 22.7 Å². The lowest BCUT2D eigenvalue weighted by Gasteiger charge is -2.15. The van der Waals surface area contributed by atoms with Gasteiger partial charge in [0.15, 0.2) is 0 Å². The minimum atomic E-state index is 0.400. The first kappa shape index (κ1) is 11.9. The van der Waals surface area contributed by atoms with Crippen LogP contribution in [-0.4, -0.2) is 13.2 Å². The molecule has 0 bridgehead atoms. The molecule has 0 spiro atoms. The van der Waals surface area contributed by atoms with Crippen molar-refractivity contribution in [1.82, 2.24) is 5.32 Å². The first-order chi connectivity index (χ1) is 7.61. The van der Waals surface area contributed by atoms with Gasteiger partial charge in [-0.25, -0.2) is 0 Å². The highest BCUT2D eigenvalue weighted by molar-refractivity contribution is 9.10. The van der Waals surface area contributed by atoms with Crippen molar-refractivity contribution < 1.29 is 4.74 Å². The predicted molar refractivity (Wildman–Crippen MR) is 69.8 cm³/mol. The fraction of sp³-hybridized carbons (Fsp3) is 0.538. The van der Waals surface area contributed by atoms with Crippen LogP contribution in [0.2, 0.25) is 0 Å². The van der Waals surface area contributed by atoms with Gasteiger partial charge in [-0.05, 0) is 52.9 Å². The van der Waals surface area contributed by atoms with E-state index in [-0.39, 0.29) is 0 Å². The Morgan fingerprint density at radius 2 is 2.19 bits per heavy atom. The summed E-state index contributed by atoms with van der Waals surface area (Å²) in [5, 5.41) is 3.62. The molecule has 2 rings (SSSR count). The van der Waals surface area contributed by atoms with Gasteiger partial charge in [-0.3, -0.25) is 0 Å². The standard InChI is InChI=1S/C13H18BrNO/c1-8-6-12(8)15-9(2)10-4-5-13(16-3)11(14)7-10/h4-5,7-9,12,15H,6H2,1-3H3. The van der Waals surface area contributed by atoms with Gasteiger partial charge in [0.05, 0.1) is 11.6 Å². The molecule has 0 aliphatic heterocycles. The third-order valence-corrected chi connectivity index (χ3v) is 3.87. The monoisotopic (exact) mass is 283 g/mol. The normalized spacial score (nSPS) is 25.2. The van der Waals surface area contributed by atoms with Gasteiger partial charge in [0.1, 0.15) is 5.75 Å². The molecule has 0 amide bonds. The molecule has 3 heteroatoms. The zero-order valence-electron chi connectivity index (χ0n) is 9.96. The molecule has 3 unspecified atom stereocenters. The smallest absolute Gasteiger partial charge is 0.133 e. The Kier molecular flexibility index (Phi) is 3.55. The molecule has 1 aromatic carbocycles. The summed E-state index contributed by atoms with van der Waals surface area (Å²) in [6.45, 7) is 4.49. The van der Waals surface area contributed by atoms with E-state index >= 15 is 0 Å². The largest absolute Gasteiger partial charge is 0.496 e. The van der Waals surface area contributed by atoms with E-state index in [0.29, 0.717) is 12.1 Å². The van der Waals surface area contributed by atoms with Crippen LogP contribution in [0.4, 0.5) is 0 Å². The number of benzene rings is 1. The van der Waals surface area contributed by atoms with E-state index in [1.54, 1.807) is 7.11 Å². The molecule has 2 nitrogen and oxygen atoms in total. The maximum Gasteiger partial charge on any atom is 0.133 e. The molecule has 3 atom stereocenters. The maximum atomic E-state index is 5.22. The van der Waals surface area contributed by atoms with Crippen molar-refractivity contribution in [2.24, 2.45) is 5.92 Å². The molecule has 1 aliphatic rings. The molecule has 1 aliphatic carbocycles. The molecule has 1 saturated carbocycles. The lowest BCUT2D eigenvalue weighted by Crippen LogP contribution is -2.21. The molecule has 0 radical (unpaired) electrons. The Bertz CT molecular complexity index is 380. The summed E-state index contributed by atoms with van der Waals surface area (Å²) >= 11 is 3.52. The molecule has 88 valence electrons. The quantitative estimate of drug-likeness (QED) is 0.913. The van der Waals surface area contributed by atoms with Crippen molar-refractivity contribution in [2.75, 3.05) is 7.11 Å².